The molecule has 4 heteroatoms. The Hall–Kier alpha value is -0.540. The first-order chi connectivity index (χ1) is 7.17. The molecule has 0 spiro atoms. The van der Waals surface area contributed by atoms with E-state index in [-0.39, 0.29) is 5.78 Å². The van der Waals surface area contributed by atoms with Crippen molar-refractivity contribution >= 4 is 33.3 Å². The molecule has 0 aromatic heterocycles. The van der Waals surface area contributed by atoms with Gasteiger partial charge in [-0.1, -0.05) is 33.6 Å². The van der Waals surface area contributed by atoms with E-state index in [9.17, 15) is 4.79 Å². The molecule has 0 aliphatic carbocycles. The summed E-state index contributed by atoms with van der Waals surface area (Å²) in [6.45, 7) is 2.47. The maximum Gasteiger partial charge on any atom is 0.147 e. The summed E-state index contributed by atoms with van der Waals surface area (Å²) >= 11 is 8.98. The molecule has 0 bridgehead atoms. The first-order valence-corrected chi connectivity index (χ1v) is 6.16. The molecule has 0 radical (unpaired) electrons. The lowest BCUT2D eigenvalue weighted by Crippen LogP contribution is -2.05. The molecule has 0 saturated carbocycles. The third kappa shape index (κ3) is 3.84. The van der Waals surface area contributed by atoms with Crippen LogP contribution in [0.3, 0.4) is 0 Å². The Bertz CT molecular complexity index is 352. The second-order valence-electron chi connectivity index (χ2n) is 3.03. The molecule has 0 aliphatic heterocycles. The van der Waals surface area contributed by atoms with Gasteiger partial charge >= 0.3 is 0 Å². The van der Waals surface area contributed by atoms with Crippen LogP contribution in [0.15, 0.2) is 18.2 Å². The Kier molecular flexibility index (Phi) is 5.12. The summed E-state index contributed by atoms with van der Waals surface area (Å²) in [5.74, 6) is 0.817. The van der Waals surface area contributed by atoms with E-state index in [0.29, 0.717) is 29.1 Å². The molecule has 0 saturated heterocycles. The van der Waals surface area contributed by atoms with Gasteiger partial charge in [0.05, 0.1) is 11.9 Å². The molecule has 15 heavy (non-hydrogen) atoms. The van der Waals surface area contributed by atoms with Crippen molar-refractivity contribution in [2.45, 2.75) is 13.3 Å². The summed E-state index contributed by atoms with van der Waals surface area (Å²) in [5, 5.41) is 0.981. The van der Waals surface area contributed by atoms with Crippen molar-refractivity contribution in [2.24, 2.45) is 0 Å². The average molecular weight is 292 g/mol. The van der Waals surface area contributed by atoms with Crippen LogP contribution in [0.2, 0.25) is 5.02 Å². The SMILES string of the molecule is CCOc1cc(Cl)ccc1CC(=O)CBr. The van der Waals surface area contributed by atoms with E-state index in [1.807, 2.05) is 13.0 Å². The summed E-state index contributed by atoms with van der Waals surface area (Å²) < 4.78 is 5.41. The average Bonchev–Trinajstić information content (AvgIpc) is 2.22. The lowest BCUT2D eigenvalue weighted by molar-refractivity contribution is -0.115. The van der Waals surface area contributed by atoms with Crippen LogP contribution in [-0.4, -0.2) is 17.7 Å². The van der Waals surface area contributed by atoms with Crippen LogP contribution in [0, 0.1) is 0 Å². The van der Waals surface area contributed by atoms with Gasteiger partial charge in [-0.2, -0.15) is 0 Å². The Morgan fingerprint density at radius 2 is 2.27 bits per heavy atom. The first kappa shape index (κ1) is 12.5. The molecular weight excluding hydrogens is 279 g/mol. The summed E-state index contributed by atoms with van der Waals surface area (Å²) in [4.78, 5) is 11.3. The third-order valence-corrected chi connectivity index (χ3v) is 2.73. The van der Waals surface area contributed by atoms with Gasteiger partial charge in [-0.05, 0) is 19.1 Å². The highest BCUT2D eigenvalue weighted by atomic mass is 79.9. The molecular formula is C11H12BrClO2. The monoisotopic (exact) mass is 290 g/mol. The minimum absolute atomic E-state index is 0.123. The third-order valence-electron chi connectivity index (χ3n) is 1.87. The van der Waals surface area contributed by atoms with Crippen molar-refractivity contribution in [3.8, 4) is 5.75 Å². The smallest absolute Gasteiger partial charge is 0.147 e. The van der Waals surface area contributed by atoms with E-state index >= 15 is 0 Å². The highest BCUT2D eigenvalue weighted by molar-refractivity contribution is 9.09. The molecule has 0 amide bonds. The number of carbonyl (C=O) groups excluding carboxylic acids is 1. The van der Waals surface area contributed by atoms with Crippen LogP contribution in [0.5, 0.6) is 5.75 Å². The zero-order valence-corrected chi connectivity index (χ0v) is 10.8. The van der Waals surface area contributed by atoms with Crippen LogP contribution in [0.4, 0.5) is 0 Å². The van der Waals surface area contributed by atoms with Crippen LogP contribution < -0.4 is 4.74 Å². The van der Waals surface area contributed by atoms with Gasteiger partial charge in [0.2, 0.25) is 0 Å². The van der Waals surface area contributed by atoms with Gasteiger partial charge in [0.15, 0.2) is 0 Å². The second-order valence-corrected chi connectivity index (χ2v) is 4.03. The summed E-state index contributed by atoms with van der Waals surface area (Å²) in [6.07, 6.45) is 0.373. The fourth-order valence-electron chi connectivity index (χ4n) is 1.22. The van der Waals surface area contributed by atoms with Crippen molar-refractivity contribution in [3.63, 3.8) is 0 Å². The number of halogens is 2. The quantitative estimate of drug-likeness (QED) is 0.779. The molecule has 0 fully saturated rings. The van der Waals surface area contributed by atoms with E-state index in [1.54, 1.807) is 12.1 Å². The molecule has 0 unspecified atom stereocenters. The van der Waals surface area contributed by atoms with Gasteiger partial charge in [0, 0.05) is 17.0 Å². The Labute approximate surface area is 103 Å². The van der Waals surface area contributed by atoms with Crippen molar-refractivity contribution in [3.05, 3.63) is 28.8 Å². The van der Waals surface area contributed by atoms with E-state index in [1.165, 1.54) is 0 Å². The van der Waals surface area contributed by atoms with E-state index in [2.05, 4.69) is 15.9 Å². The standard InChI is InChI=1S/C11H12BrClO2/c1-2-15-11-6-9(13)4-3-8(11)5-10(14)7-12/h3-4,6H,2,5,7H2,1H3. The molecule has 0 N–H and O–H groups in total. The molecule has 1 rings (SSSR count). The molecule has 2 nitrogen and oxygen atoms in total. The van der Waals surface area contributed by atoms with Crippen LogP contribution in [-0.2, 0) is 11.2 Å². The lowest BCUT2D eigenvalue weighted by atomic mass is 10.1. The molecule has 1 aromatic rings. The predicted octanol–water partition coefficient (Wildman–Crippen LogP) is 3.25. The Morgan fingerprint density at radius 1 is 1.53 bits per heavy atom. The number of hydrogen-bond donors (Lipinski definition) is 0. The maximum atomic E-state index is 11.3. The van der Waals surface area contributed by atoms with E-state index < -0.39 is 0 Å². The van der Waals surface area contributed by atoms with Crippen LogP contribution in [0.1, 0.15) is 12.5 Å². The zero-order chi connectivity index (χ0) is 11.3. The summed E-state index contributed by atoms with van der Waals surface area (Å²) in [6, 6.07) is 5.33. The Balaban J connectivity index is 2.89. The summed E-state index contributed by atoms with van der Waals surface area (Å²) in [5.41, 5.74) is 0.880. The van der Waals surface area contributed by atoms with E-state index in [0.717, 1.165) is 5.56 Å². The Morgan fingerprint density at radius 3 is 2.87 bits per heavy atom. The number of hydrogen-bond acceptors (Lipinski definition) is 2. The molecule has 0 atom stereocenters. The van der Waals surface area contributed by atoms with Gasteiger partial charge in [-0.3, -0.25) is 4.79 Å². The molecule has 0 heterocycles. The summed E-state index contributed by atoms with van der Waals surface area (Å²) in [7, 11) is 0. The van der Waals surface area contributed by atoms with Crippen LogP contribution in [0.25, 0.3) is 0 Å². The number of alkyl halides is 1. The van der Waals surface area contributed by atoms with Crippen molar-refractivity contribution in [1.29, 1.82) is 0 Å². The van der Waals surface area contributed by atoms with Crippen molar-refractivity contribution < 1.29 is 9.53 Å². The molecule has 1 aromatic carbocycles. The fraction of sp³-hybridized carbons (Fsp3) is 0.364. The minimum Gasteiger partial charge on any atom is -0.494 e. The fourth-order valence-corrected chi connectivity index (χ4v) is 1.58. The van der Waals surface area contributed by atoms with Crippen molar-refractivity contribution in [2.75, 3.05) is 11.9 Å². The number of ketones is 1. The number of Topliss-reactive ketones (excluding diaryl/α,β-unsaturated/α-hetero) is 1. The maximum absolute atomic E-state index is 11.3. The topological polar surface area (TPSA) is 26.3 Å². The first-order valence-electron chi connectivity index (χ1n) is 4.66. The van der Waals surface area contributed by atoms with Gasteiger partial charge in [-0.15, -0.1) is 0 Å². The lowest BCUT2D eigenvalue weighted by Gasteiger charge is -2.09. The van der Waals surface area contributed by atoms with Crippen LogP contribution >= 0.6 is 27.5 Å². The highest BCUT2D eigenvalue weighted by Crippen LogP contribution is 2.24. The predicted molar refractivity (Wildman–Crippen MR) is 65.1 cm³/mol. The molecule has 0 aliphatic rings. The van der Waals surface area contributed by atoms with E-state index in [4.69, 9.17) is 16.3 Å². The number of benzene rings is 1. The number of ether oxygens (including phenoxy) is 1. The van der Waals surface area contributed by atoms with Gasteiger partial charge in [0.25, 0.3) is 0 Å². The van der Waals surface area contributed by atoms with Crippen molar-refractivity contribution in [1.82, 2.24) is 0 Å². The van der Waals surface area contributed by atoms with Gasteiger partial charge in [0.1, 0.15) is 11.5 Å². The zero-order valence-electron chi connectivity index (χ0n) is 8.43. The normalized spacial score (nSPS) is 10.1. The van der Waals surface area contributed by atoms with Gasteiger partial charge in [-0.25, -0.2) is 0 Å². The molecule has 82 valence electrons. The minimum atomic E-state index is 0.123. The number of carbonyl (C=O) groups is 1. The number of rotatable bonds is 5. The second kappa shape index (κ2) is 6.13. The largest absolute Gasteiger partial charge is 0.494 e. The van der Waals surface area contributed by atoms with Gasteiger partial charge < -0.3 is 4.74 Å². The highest BCUT2D eigenvalue weighted by Gasteiger charge is 2.08.